The lowest BCUT2D eigenvalue weighted by Crippen LogP contribution is -2.09. The van der Waals surface area contributed by atoms with Crippen molar-refractivity contribution in [2.75, 3.05) is 31.3 Å². The summed E-state index contributed by atoms with van der Waals surface area (Å²) in [6.45, 7) is 0.0573. The van der Waals surface area contributed by atoms with Gasteiger partial charge in [0, 0.05) is 32.3 Å². The first kappa shape index (κ1) is 20.3. The van der Waals surface area contributed by atoms with Gasteiger partial charge in [-0.15, -0.1) is 0 Å². The highest BCUT2D eigenvalue weighted by atomic mass is 35.5. The molecule has 2 rings (SSSR count). The second-order valence-corrected chi connectivity index (χ2v) is 5.93. The zero-order valence-corrected chi connectivity index (χ0v) is 15.4. The maximum atomic E-state index is 14.1. The second-order valence-electron chi connectivity index (χ2n) is 5.53. The first-order valence-electron chi connectivity index (χ1n) is 7.89. The topological polar surface area (TPSA) is 108 Å². The molecule has 0 radical (unpaired) electrons. The van der Waals surface area contributed by atoms with Crippen molar-refractivity contribution < 1.29 is 28.9 Å². The number of halogens is 2. The molecule has 4 N–H and O–H groups in total. The van der Waals surface area contributed by atoms with Gasteiger partial charge < -0.3 is 25.6 Å². The summed E-state index contributed by atoms with van der Waals surface area (Å²) in [7, 11) is 3.11. The van der Waals surface area contributed by atoms with E-state index in [0.717, 1.165) is 6.07 Å². The Balaban J connectivity index is 2.17. The summed E-state index contributed by atoms with van der Waals surface area (Å²) in [5.74, 6) is -2.76. The Morgan fingerprint density at radius 3 is 2.15 bits per heavy atom. The average molecular weight is 397 g/mol. The Hall–Kier alpha value is -3.00. The molecule has 0 aliphatic carbocycles. The normalized spacial score (nSPS) is 10.4. The van der Waals surface area contributed by atoms with Crippen LogP contribution in [0, 0.1) is 5.82 Å². The smallest absolute Gasteiger partial charge is 0.337 e. The lowest BCUT2D eigenvalue weighted by Gasteiger charge is -2.13. The van der Waals surface area contributed by atoms with Crippen molar-refractivity contribution in [2.45, 2.75) is 6.42 Å². The van der Waals surface area contributed by atoms with Crippen molar-refractivity contribution in [3.05, 3.63) is 51.8 Å². The van der Waals surface area contributed by atoms with Gasteiger partial charge >= 0.3 is 11.9 Å². The van der Waals surface area contributed by atoms with E-state index >= 15 is 0 Å². The summed E-state index contributed by atoms with van der Waals surface area (Å²) >= 11 is 6.05. The van der Waals surface area contributed by atoms with E-state index in [1.165, 1.54) is 18.2 Å². The van der Waals surface area contributed by atoms with Crippen molar-refractivity contribution in [1.82, 2.24) is 0 Å². The minimum Gasteiger partial charge on any atom is -0.492 e. The fraction of sp³-hybridized carbons (Fsp3) is 0.222. The molecule has 0 unspecified atom stereocenters. The number of carboxylic acids is 2. The van der Waals surface area contributed by atoms with Crippen molar-refractivity contribution in [2.24, 2.45) is 0 Å². The monoisotopic (exact) mass is 396 g/mol. The van der Waals surface area contributed by atoms with Crippen molar-refractivity contribution in [3.63, 3.8) is 0 Å². The molecule has 0 saturated heterocycles. The molecule has 9 heteroatoms. The Kier molecular flexibility index (Phi) is 6.46. The van der Waals surface area contributed by atoms with Crippen LogP contribution in [0.3, 0.4) is 0 Å². The standard InChI is InChI=1S/C18H18ClFN2O5/c1-21-14-5-9(13(20)7-11(14)18(25)26)3-4-27-16-8-15(22-2)10(17(23)24)6-12(16)19/h5-8,21-22H,3-4H2,1-2H3,(H,23,24)(H,25,26). The summed E-state index contributed by atoms with van der Waals surface area (Å²) in [4.78, 5) is 22.3. The number of anilines is 2. The molecule has 0 heterocycles. The van der Waals surface area contributed by atoms with Crippen LogP contribution in [0.1, 0.15) is 26.3 Å². The molecule has 0 aromatic heterocycles. The number of rotatable bonds is 8. The maximum absolute atomic E-state index is 14.1. The molecule has 0 aliphatic heterocycles. The fourth-order valence-electron chi connectivity index (χ4n) is 2.51. The Morgan fingerprint density at radius 2 is 1.59 bits per heavy atom. The van der Waals surface area contributed by atoms with E-state index in [1.807, 2.05) is 0 Å². The van der Waals surface area contributed by atoms with Crippen LogP contribution in [0.5, 0.6) is 5.75 Å². The van der Waals surface area contributed by atoms with Crippen LogP contribution in [-0.2, 0) is 6.42 Å². The molecule has 0 amide bonds. The molecule has 144 valence electrons. The van der Waals surface area contributed by atoms with Gasteiger partial charge in [0.05, 0.1) is 28.4 Å². The van der Waals surface area contributed by atoms with Gasteiger partial charge in [0.1, 0.15) is 11.6 Å². The fourth-order valence-corrected chi connectivity index (χ4v) is 2.73. The Labute approximate surface area is 159 Å². The van der Waals surface area contributed by atoms with E-state index in [9.17, 15) is 14.0 Å². The molecule has 2 aromatic carbocycles. The summed E-state index contributed by atoms with van der Waals surface area (Å²) < 4.78 is 19.7. The van der Waals surface area contributed by atoms with Gasteiger partial charge in [0.15, 0.2) is 0 Å². The number of hydrogen-bond acceptors (Lipinski definition) is 5. The van der Waals surface area contributed by atoms with Gasteiger partial charge in [0.2, 0.25) is 0 Å². The zero-order chi connectivity index (χ0) is 20.1. The lowest BCUT2D eigenvalue weighted by atomic mass is 10.1. The quantitative estimate of drug-likeness (QED) is 0.540. The highest BCUT2D eigenvalue weighted by molar-refractivity contribution is 6.32. The van der Waals surface area contributed by atoms with Gasteiger partial charge in [0.25, 0.3) is 0 Å². The SMILES string of the molecule is CNc1cc(CCOc2cc(NC)c(C(=O)O)cc2Cl)c(F)cc1C(=O)O. The zero-order valence-electron chi connectivity index (χ0n) is 14.6. The first-order valence-corrected chi connectivity index (χ1v) is 8.27. The number of carbonyl (C=O) groups is 2. The third-order valence-corrected chi connectivity index (χ3v) is 4.18. The molecule has 27 heavy (non-hydrogen) atoms. The predicted molar refractivity (Wildman–Crippen MR) is 100 cm³/mol. The number of carboxylic acid groups (broad SMARTS) is 2. The van der Waals surface area contributed by atoms with Crippen LogP contribution in [0.15, 0.2) is 24.3 Å². The third-order valence-electron chi connectivity index (χ3n) is 3.89. The number of benzene rings is 2. The van der Waals surface area contributed by atoms with Crippen molar-refractivity contribution in [3.8, 4) is 5.75 Å². The summed E-state index contributed by atoms with van der Waals surface area (Å²) in [5.41, 5.74) is 0.738. The van der Waals surface area contributed by atoms with Crippen LogP contribution in [-0.4, -0.2) is 42.9 Å². The molecule has 0 spiro atoms. The van der Waals surface area contributed by atoms with E-state index in [2.05, 4.69) is 10.6 Å². The van der Waals surface area contributed by atoms with Gasteiger partial charge in [-0.2, -0.15) is 0 Å². The average Bonchev–Trinajstić information content (AvgIpc) is 2.63. The summed E-state index contributed by atoms with van der Waals surface area (Å²) in [6, 6.07) is 5.09. The Morgan fingerprint density at radius 1 is 1.04 bits per heavy atom. The highest BCUT2D eigenvalue weighted by Gasteiger charge is 2.16. The van der Waals surface area contributed by atoms with Crippen LogP contribution in [0.25, 0.3) is 0 Å². The maximum Gasteiger partial charge on any atom is 0.337 e. The van der Waals surface area contributed by atoms with Gasteiger partial charge in [-0.1, -0.05) is 11.6 Å². The molecule has 0 fully saturated rings. The van der Waals surface area contributed by atoms with Crippen molar-refractivity contribution in [1.29, 1.82) is 0 Å². The molecule has 7 nitrogen and oxygen atoms in total. The van der Waals surface area contributed by atoms with E-state index in [1.54, 1.807) is 14.1 Å². The number of ether oxygens (including phenoxy) is 1. The molecular weight excluding hydrogens is 379 g/mol. The molecule has 0 aliphatic rings. The van der Waals surface area contributed by atoms with Crippen molar-refractivity contribution >= 4 is 34.9 Å². The molecule has 0 atom stereocenters. The minimum atomic E-state index is -1.23. The largest absolute Gasteiger partial charge is 0.492 e. The van der Waals surface area contributed by atoms with Crippen LogP contribution < -0.4 is 15.4 Å². The summed E-state index contributed by atoms with van der Waals surface area (Å²) in [5, 5.41) is 23.8. The Bertz CT molecular complexity index is 817. The summed E-state index contributed by atoms with van der Waals surface area (Å²) in [6.07, 6.45) is 0.159. The molecule has 0 saturated carbocycles. The minimum absolute atomic E-state index is 0.00353. The van der Waals surface area contributed by atoms with Crippen LogP contribution in [0.4, 0.5) is 15.8 Å². The van der Waals surface area contributed by atoms with Gasteiger partial charge in [-0.25, -0.2) is 14.0 Å². The van der Waals surface area contributed by atoms with E-state index in [-0.39, 0.29) is 40.5 Å². The van der Waals surface area contributed by atoms with E-state index < -0.39 is 17.8 Å². The molecule has 0 bridgehead atoms. The van der Waals surface area contributed by atoms with Crippen LogP contribution in [0.2, 0.25) is 5.02 Å². The first-order chi connectivity index (χ1) is 12.8. The molecule has 2 aromatic rings. The predicted octanol–water partition coefficient (Wildman–Crippen LogP) is 3.58. The number of hydrogen-bond donors (Lipinski definition) is 4. The van der Waals surface area contributed by atoms with Crippen LogP contribution >= 0.6 is 11.6 Å². The van der Waals surface area contributed by atoms with Gasteiger partial charge in [-0.05, 0) is 23.8 Å². The molecular formula is C18H18ClFN2O5. The second kappa shape index (κ2) is 8.59. The number of aromatic carboxylic acids is 2. The number of nitrogens with one attached hydrogen (secondary N) is 2. The van der Waals surface area contributed by atoms with E-state index in [4.69, 9.17) is 26.6 Å². The highest BCUT2D eigenvalue weighted by Crippen LogP contribution is 2.31. The van der Waals surface area contributed by atoms with Gasteiger partial charge in [-0.3, -0.25) is 0 Å². The third kappa shape index (κ3) is 4.59. The van der Waals surface area contributed by atoms with E-state index in [0.29, 0.717) is 11.4 Å². The lowest BCUT2D eigenvalue weighted by molar-refractivity contribution is 0.0686.